The molecule has 0 fully saturated rings. The Morgan fingerprint density at radius 1 is 1.38 bits per heavy atom. The highest BCUT2D eigenvalue weighted by molar-refractivity contribution is 7.99. The molecule has 3 nitrogen and oxygen atoms in total. The zero-order chi connectivity index (χ0) is 11.8. The summed E-state index contributed by atoms with van der Waals surface area (Å²) < 4.78 is 0. The van der Waals surface area contributed by atoms with Gasteiger partial charge in [-0.25, -0.2) is 0 Å². The van der Waals surface area contributed by atoms with Gasteiger partial charge in [-0.3, -0.25) is 0 Å². The largest absolute Gasteiger partial charge is 0.390 e. The molecule has 4 heteroatoms. The standard InChI is InChI=1S/C12H20N2OS/c1-2-16-12-5-3-10(4-6-12)8-14-9-11(15)7-13/h3-6,11,14-15H,2,7-9,13H2,1H3. The van der Waals surface area contributed by atoms with Crippen molar-refractivity contribution in [2.24, 2.45) is 5.73 Å². The maximum Gasteiger partial charge on any atom is 0.0786 e. The molecule has 0 spiro atoms. The lowest BCUT2D eigenvalue weighted by atomic mass is 10.2. The Morgan fingerprint density at radius 2 is 2.06 bits per heavy atom. The first-order chi connectivity index (χ1) is 7.76. The van der Waals surface area contributed by atoms with Gasteiger partial charge in [-0.05, 0) is 23.4 Å². The van der Waals surface area contributed by atoms with E-state index in [1.54, 1.807) is 0 Å². The molecule has 0 saturated heterocycles. The fourth-order valence-electron chi connectivity index (χ4n) is 1.34. The third kappa shape index (κ3) is 4.99. The van der Waals surface area contributed by atoms with Crippen LogP contribution in [0.5, 0.6) is 0 Å². The third-order valence-electron chi connectivity index (χ3n) is 2.22. The van der Waals surface area contributed by atoms with Crippen LogP contribution in [0.4, 0.5) is 0 Å². The number of aliphatic hydroxyl groups is 1. The number of hydrogen-bond acceptors (Lipinski definition) is 4. The zero-order valence-electron chi connectivity index (χ0n) is 9.65. The quantitative estimate of drug-likeness (QED) is 0.627. The van der Waals surface area contributed by atoms with Gasteiger partial charge in [0.2, 0.25) is 0 Å². The molecule has 16 heavy (non-hydrogen) atoms. The Hall–Kier alpha value is -0.550. The molecule has 0 radical (unpaired) electrons. The van der Waals surface area contributed by atoms with E-state index >= 15 is 0 Å². The molecule has 4 N–H and O–H groups in total. The number of thioether (sulfide) groups is 1. The molecular weight excluding hydrogens is 220 g/mol. The highest BCUT2D eigenvalue weighted by Gasteiger charge is 2.00. The highest BCUT2D eigenvalue weighted by atomic mass is 32.2. The van der Waals surface area contributed by atoms with Gasteiger partial charge in [0, 0.05) is 24.5 Å². The lowest BCUT2D eigenvalue weighted by Crippen LogP contribution is -2.32. The fraction of sp³-hybridized carbons (Fsp3) is 0.500. The van der Waals surface area contributed by atoms with Crippen molar-refractivity contribution in [3.8, 4) is 0 Å². The van der Waals surface area contributed by atoms with Crippen LogP contribution >= 0.6 is 11.8 Å². The summed E-state index contributed by atoms with van der Waals surface area (Å²) in [6, 6.07) is 8.48. The normalized spacial score (nSPS) is 12.7. The van der Waals surface area contributed by atoms with Gasteiger partial charge in [-0.1, -0.05) is 19.1 Å². The molecule has 0 aliphatic heterocycles. The van der Waals surface area contributed by atoms with Gasteiger partial charge in [0.1, 0.15) is 0 Å². The second-order valence-electron chi connectivity index (χ2n) is 3.60. The Kier molecular flexibility index (Phi) is 6.49. The highest BCUT2D eigenvalue weighted by Crippen LogP contribution is 2.17. The molecule has 1 aromatic rings. The lowest BCUT2D eigenvalue weighted by molar-refractivity contribution is 0.179. The summed E-state index contributed by atoms with van der Waals surface area (Å²) in [5, 5.41) is 12.4. The van der Waals surface area contributed by atoms with Crippen LogP contribution < -0.4 is 11.1 Å². The van der Waals surface area contributed by atoms with Gasteiger partial charge in [-0.15, -0.1) is 11.8 Å². The summed E-state index contributed by atoms with van der Waals surface area (Å²) in [4.78, 5) is 1.30. The van der Waals surface area contributed by atoms with E-state index in [-0.39, 0.29) is 0 Å². The van der Waals surface area contributed by atoms with Crippen LogP contribution in [0.15, 0.2) is 29.2 Å². The number of nitrogens with one attached hydrogen (secondary N) is 1. The van der Waals surface area contributed by atoms with E-state index in [1.165, 1.54) is 10.5 Å². The fourth-order valence-corrected chi connectivity index (χ4v) is 2.00. The van der Waals surface area contributed by atoms with Crippen molar-refractivity contribution < 1.29 is 5.11 Å². The zero-order valence-corrected chi connectivity index (χ0v) is 10.5. The summed E-state index contributed by atoms with van der Waals surface area (Å²) in [5.41, 5.74) is 6.54. The molecular formula is C12H20N2OS. The first-order valence-electron chi connectivity index (χ1n) is 5.56. The van der Waals surface area contributed by atoms with Gasteiger partial charge in [0.25, 0.3) is 0 Å². The molecule has 1 atom stereocenters. The van der Waals surface area contributed by atoms with Crippen molar-refractivity contribution in [3.05, 3.63) is 29.8 Å². The minimum absolute atomic E-state index is 0.305. The summed E-state index contributed by atoms with van der Waals surface area (Å²) in [7, 11) is 0. The van der Waals surface area contributed by atoms with Crippen LogP contribution in [0.3, 0.4) is 0 Å². The predicted molar refractivity (Wildman–Crippen MR) is 69.6 cm³/mol. The lowest BCUT2D eigenvalue weighted by Gasteiger charge is -2.09. The second kappa shape index (κ2) is 7.68. The Bertz CT molecular complexity index is 290. The van der Waals surface area contributed by atoms with Crippen molar-refractivity contribution in [2.75, 3.05) is 18.8 Å². The molecule has 0 aromatic heterocycles. The summed E-state index contributed by atoms with van der Waals surface area (Å²) in [6.45, 7) is 3.77. The van der Waals surface area contributed by atoms with E-state index < -0.39 is 6.10 Å². The summed E-state index contributed by atoms with van der Waals surface area (Å²) in [6.07, 6.45) is -0.449. The van der Waals surface area contributed by atoms with Gasteiger partial charge < -0.3 is 16.2 Å². The van der Waals surface area contributed by atoms with Crippen molar-refractivity contribution in [1.29, 1.82) is 0 Å². The topological polar surface area (TPSA) is 58.3 Å². The maximum absolute atomic E-state index is 9.26. The Labute approximate surface area is 101 Å². The number of rotatable bonds is 7. The molecule has 0 bridgehead atoms. The van der Waals surface area contributed by atoms with E-state index in [2.05, 4.69) is 36.5 Å². The first kappa shape index (κ1) is 13.5. The molecule has 0 aliphatic carbocycles. The molecule has 1 rings (SSSR count). The first-order valence-corrected chi connectivity index (χ1v) is 6.55. The van der Waals surface area contributed by atoms with Crippen LogP contribution in [-0.4, -0.2) is 30.1 Å². The Morgan fingerprint density at radius 3 is 2.62 bits per heavy atom. The summed E-state index contributed by atoms with van der Waals surface area (Å²) in [5.74, 6) is 1.10. The van der Waals surface area contributed by atoms with Crippen molar-refractivity contribution in [2.45, 2.75) is 24.5 Å². The molecule has 0 heterocycles. The van der Waals surface area contributed by atoms with Crippen molar-refractivity contribution >= 4 is 11.8 Å². The van der Waals surface area contributed by atoms with Crippen LogP contribution in [0, 0.1) is 0 Å². The third-order valence-corrected chi connectivity index (χ3v) is 3.11. The van der Waals surface area contributed by atoms with E-state index in [4.69, 9.17) is 5.73 Å². The van der Waals surface area contributed by atoms with Crippen molar-refractivity contribution in [3.63, 3.8) is 0 Å². The average molecular weight is 240 g/mol. The SMILES string of the molecule is CCSc1ccc(CNCC(O)CN)cc1. The number of benzene rings is 1. The maximum atomic E-state index is 9.26. The average Bonchev–Trinajstić information content (AvgIpc) is 2.31. The van der Waals surface area contributed by atoms with Crippen LogP contribution in [0.1, 0.15) is 12.5 Å². The van der Waals surface area contributed by atoms with E-state index in [0.29, 0.717) is 13.1 Å². The van der Waals surface area contributed by atoms with Crippen LogP contribution in [0.2, 0.25) is 0 Å². The monoisotopic (exact) mass is 240 g/mol. The van der Waals surface area contributed by atoms with Gasteiger partial charge in [-0.2, -0.15) is 0 Å². The molecule has 90 valence electrons. The minimum Gasteiger partial charge on any atom is -0.390 e. The second-order valence-corrected chi connectivity index (χ2v) is 4.93. The van der Waals surface area contributed by atoms with Crippen LogP contribution in [0.25, 0.3) is 0 Å². The van der Waals surface area contributed by atoms with Gasteiger partial charge >= 0.3 is 0 Å². The molecule has 0 amide bonds. The number of aliphatic hydroxyl groups excluding tert-OH is 1. The molecule has 0 saturated carbocycles. The van der Waals surface area contributed by atoms with E-state index in [9.17, 15) is 5.11 Å². The van der Waals surface area contributed by atoms with Crippen LogP contribution in [-0.2, 0) is 6.54 Å². The summed E-state index contributed by atoms with van der Waals surface area (Å²) >= 11 is 1.84. The van der Waals surface area contributed by atoms with Gasteiger partial charge in [0.05, 0.1) is 6.10 Å². The number of nitrogens with two attached hydrogens (primary N) is 1. The number of hydrogen-bond donors (Lipinski definition) is 3. The van der Waals surface area contributed by atoms with E-state index in [0.717, 1.165) is 12.3 Å². The molecule has 1 unspecified atom stereocenters. The smallest absolute Gasteiger partial charge is 0.0786 e. The minimum atomic E-state index is -0.449. The Balaban J connectivity index is 2.31. The molecule has 1 aromatic carbocycles. The van der Waals surface area contributed by atoms with E-state index in [1.807, 2.05) is 11.8 Å². The van der Waals surface area contributed by atoms with Gasteiger partial charge in [0.15, 0.2) is 0 Å². The predicted octanol–water partition coefficient (Wildman–Crippen LogP) is 1.21. The molecule has 0 aliphatic rings. The van der Waals surface area contributed by atoms with Crippen molar-refractivity contribution in [1.82, 2.24) is 5.32 Å².